The highest BCUT2D eigenvalue weighted by Crippen LogP contribution is 2.39. The van der Waals surface area contributed by atoms with Crippen LogP contribution in [0.15, 0.2) is 48.9 Å². The second-order valence-electron chi connectivity index (χ2n) is 5.45. The van der Waals surface area contributed by atoms with Crippen LogP contribution < -0.4 is 5.73 Å². The molecule has 2 N–H and O–H groups in total. The first-order valence-corrected chi connectivity index (χ1v) is 8.17. The summed E-state index contributed by atoms with van der Waals surface area (Å²) >= 11 is 1.50. The zero-order valence-electron chi connectivity index (χ0n) is 12.8. The Morgan fingerprint density at radius 1 is 1.12 bits per heavy atom. The predicted molar refractivity (Wildman–Crippen MR) is 95.2 cm³/mol. The van der Waals surface area contributed by atoms with Crippen molar-refractivity contribution in [2.45, 2.75) is 6.92 Å². The van der Waals surface area contributed by atoms with Crippen molar-refractivity contribution in [2.75, 3.05) is 5.73 Å². The summed E-state index contributed by atoms with van der Waals surface area (Å²) < 4.78 is 15.2. The lowest BCUT2D eigenvalue weighted by Gasteiger charge is -2.06. The van der Waals surface area contributed by atoms with E-state index >= 15 is 0 Å². The average molecular weight is 336 g/mol. The zero-order chi connectivity index (χ0) is 16.7. The molecular formula is C18H13FN4S. The summed E-state index contributed by atoms with van der Waals surface area (Å²) in [5.41, 5.74) is 9.16. The molecule has 118 valence electrons. The number of pyridine rings is 1. The Morgan fingerprint density at radius 3 is 2.83 bits per heavy atom. The Kier molecular flexibility index (Phi) is 3.46. The molecule has 0 aliphatic carbocycles. The van der Waals surface area contributed by atoms with E-state index in [1.807, 2.05) is 37.4 Å². The third kappa shape index (κ3) is 2.41. The fourth-order valence-corrected chi connectivity index (χ4v) is 3.90. The molecule has 0 atom stereocenters. The summed E-state index contributed by atoms with van der Waals surface area (Å²) in [6.07, 6.45) is 4.73. The number of nitrogen functional groups attached to an aromatic ring is 1. The fourth-order valence-electron chi connectivity index (χ4n) is 2.72. The van der Waals surface area contributed by atoms with E-state index in [0.717, 1.165) is 37.9 Å². The number of nitrogens with zero attached hydrogens (tertiary/aromatic N) is 3. The van der Waals surface area contributed by atoms with Crippen LogP contribution in [0.4, 0.5) is 10.3 Å². The summed E-state index contributed by atoms with van der Waals surface area (Å²) in [6, 6.07) is 10.0. The number of aromatic nitrogens is 3. The Hall–Kier alpha value is -2.86. The number of nitrogens with two attached hydrogens (primary N) is 1. The topological polar surface area (TPSA) is 64.7 Å². The molecule has 3 aromatic heterocycles. The van der Waals surface area contributed by atoms with E-state index in [4.69, 9.17) is 5.73 Å². The maximum atomic E-state index is 14.1. The molecule has 24 heavy (non-hydrogen) atoms. The van der Waals surface area contributed by atoms with Crippen LogP contribution in [0.3, 0.4) is 0 Å². The first kappa shape index (κ1) is 14.7. The average Bonchev–Trinajstić information content (AvgIpc) is 3.01. The minimum Gasteiger partial charge on any atom is -0.368 e. The molecule has 0 spiro atoms. The van der Waals surface area contributed by atoms with Gasteiger partial charge in [0.2, 0.25) is 5.95 Å². The van der Waals surface area contributed by atoms with Gasteiger partial charge in [-0.15, -0.1) is 11.3 Å². The first-order chi connectivity index (χ1) is 11.6. The number of hydrogen-bond acceptors (Lipinski definition) is 5. The van der Waals surface area contributed by atoms with Crippen molar-refractivity contribution in [1.82, 2.24) is 15.0 Å². The van der Waals surface area contributed by atoms with Crippen molar-refractivity contribution in [3.05, 3.63) is 60.3 Å². The van der Waals surface area contributed by atoms with Crippen molar-refractivity contribution in [3.63, 3.8) is 0 Å². The number of thiophene rings is 1. The van der Waals surface area contributed by atoms with Crippen molar-refractivity contribution >= 4 is 27.4 Å². The standard InChI is InChI=1S/C18H13FN4S/c1-10-8-21-6-5-12(10)13-4-2-3-11-7-15(24-17(11)13)16-14(19)9-22-18(20)23-16/h2-9H,1H3,(H2,20,22,23). The fraction of sp³-hybridized carbons (Fsp3) is 0.0556. The first-order valence-electron chi connectivity index (χ1n) is 7.35. The van der Waals surface area contributed by atoms with Crippen LogP contribution in [0.25, 0.3) is 31.8 Å². The van der Waals surface area contributed by atoms with Gasteiger partial charge in [-0.1, -0.05) is 18.2 Å². The lowest BCUT2D eigenvalue weighted by molar-refractivity contribution is 0.619. The minimum absolute atomic E-state index is 0.0639. The van der Waals surface area contributed by atoms with E-state index in [1.54, 1.807) is 6.20 Å². The number of fused-ring (bicyclic) bond motifs is 1. The molecule has 6 heteroatoms. The van der Waals surface area contributed by atoms with E-state index in [2.05, 4.69) is 21.0 Å². The maximum absolute atomic E-state index is 14.1. The van der Waals surface area contributed by atoms with Crippen LogP contribution in [0.1, 0.15) is 5.56 Å². The molecule has 0 aliphatic rings. The van der Waals surface area contributed by atoms with E-state index in [-0.39, 0.29) is 11.6 Å². The number of rotatable bonds is 2. The Morgan fingerprint density at radius 2 is 2.00 bits per heavy atom. The van der Waals surface area contributed by atoms with Gasteiger partial charge in [0, 0.05) is 17.1 Å². The predicted octanol–water partition coefficient (Wildman–Crippen LogP) is 4.45. The van der Waals surface area contributed by atoms with Gasteiger partial charge in [0.1, 0.15) is 5.69 Å². The summed E-state index contributed by atoms with van der Waals surface area (Å²) in [4.78, 5) is 12.6. The van der Waals surface area contributed by atoms with Gasteiger partial charge in [0.25, 0.3) is 0 Å². The molecule has 0 radical (unpaired) electrons. The van der Waals surface area contributed by atoms with Crippen LogP contribution >= 0.6 is 11.3 Å². The van der Waals surface area contributed by atoms with Crippen LogP contribution in [-0.2, 0) is 0 Å². The highest BCUT2D eigenvalue weighted by Gasteiger charge is 2.15. The smallest absolute Gasteiger partial charge is 0.220 e. The second kappa shape index (κ2) is 5.65. The van der Waals surface area contributed by atoms with E-state index < -0.39 is 5.82 Å². The van der Waals surface area contributed by atoms with Gasteiger partial charge >= 0.3 is 0 Å². The Balaban J connectivity index is 1.95. The molecular weight excluding hydrogens is 323 g/mol. The number of aryl methyl sites for hydroxylation is 1. The number of benzene rings is 1. The van der Waals surface area contributed by atoms with Gasteiger partial charge in [-0.25, -0.2) is 14.4 Å². The maximum Gasteiger partial charge on any atom is 0.220 e. The molecule has 0 bridgehead atoms. The highest BCUT2D eigenvalue weighted by atomic mass is 32.1. The second-order valence-corrected chi connectivity index (χ2v) is 6.50. The van der Waals surface area contributed by atoms with Crippen LogP contribution in [-0.4, -0.2) is 15.0 Å². The molecule has 4 nitrogen and oxygen atoms in total. The molecule has 0 aliphatic heterocycles. The molecule has 0 saturated heterocycles. The molecule has 0 unspecified atom stereocenters. The minimum atomic E-state index is -0.475. The number of halogens is 1. The van der Waals surface area contributed by atoms with Crippen LogP contribution in [0, 0.1) is 12.7 Å². The van der Waals surface area contributed by atoms with Gasteiger partial charge in [-0.05, 0) is 41.1 Å². The van der Waals surface area contributed by atoms with E-state index in [1.165, 1.54) is 11.3 Å². The summed E-state index contributed by atoms with van der Waals surface area (Å²) in [6.45, 7) is 2.03. The number of hydrogen-bond donors (Lipinski definition) is 1. The lowest BCUT2D eigenvalue weighted by Crippen LogP contribution is -1.97. The summed E-state index contributed by atoms with van der Waals surface area (Å²) in [5, 5.41) is 1.04. The van der Waals surface area contributed by atoms with Gasteiger partial charge in [-0.3, -0.25) is 4.98 Å². The van der Waals surface area contributed by atoms with Crippen molar-refractivity contribution in [1.29, 1.82) is 0 Å². The molecule has 0 amide bonds. The molecule has 4 rings (SSSR count). The SMILES string of the molecule is Cc1cnccc1-c1cccc2cc(-c3nc(N)ncc3F)sc12. The summed E-state index contributed by atoms with van der Waals surface area (Å²) in [7, 11) is 0. The van der Waals surface area contributed by atoms with Gasteiger partial charge in [0.15, 0.2) is 5.82 Å². The molecule has 0 fully saturated rings. The molecule has 4 aromatic rings. The normalized spacial score (nSPS) is 11.1. The quantitative estimate of drug-likeness (QED) is 0.587. The number of anilines is 1. The molecule has 3 heterocycles. The van der Waals surface area contributed by atoms with Crippen LogP contribution in [0.2, 0.25) is 0 Å². The molecule has 1 aromatic carbocycles. The zero-order valence-corrected chi connectivity index (χ0v) is 13.6. The third-order valence-electron chi connectivity index (χ3n) is 3.85. The van der Waals surface area contributed by atoms with E-state index in [0.29, 0.717) is 0 Å². The van der Waals surface area contributed by atoms with Crippen molar-refractivity contribution < 1.29 is 4.39 Å². The van der Waals surface area contributed by atoms with Crippen molar-refractivity contribution in [3.8, 4) is 21.7 Å². The van der Waals surface area contributed by atoms with Gasteiger partial charge in [0.05, 0.1) is 11.1 Å². The largest absolute Gasteiger partial charge is 0.368 e. The monoisotopic (exact) mass is 336 g/mol. The Labute approximate surface area is 141 Å². The van der Waals surface area contributed by atoms with E-state index in [9.17, 15) is 4.39 Å². The Bertz CT molecular complexity index is 1060. The van der Waals surface area contributed by atoms with Crippen molar-refractivity contribution in [2.24, 2.45) is 0 Å². The molecule has 0 saturated carbocycles. The third-order valence-corrected chi connectivity index (χ3v) is 5.04. The van der Waals surface area contributed by atoms with Crippen LogP contribution in [0.5, 0.6) is 0 Å². The highest BCUT2D eigenvalue weighted by molar-refractivity contribution is 7.22. The van der Waals surface area contributed by atoms with Gasteiger partial charge < -0.3 is 5.73 Å². The lowest BCUT2D eigenvalue weighted by atomic mass is 10.0. The van der Waals surface area contributed by atoms with Gasteiger partial charge in [-0.2, -0.15) is 0 Å². The summed E-state index contributed by atoms with van der Waals surface area (Å²) in [5.74, 6) is -0.411.